The third-order valence-corrected chi connectivity index (χ3v) is 5.34. The number of likely N-dealkylation sites (tertiary alicyclic amines) is 1. The van der Waals surface area contributed by atoms with Gasteiger partial charge in [0.2, 0.25) is 11.8 Å². The van der Waals surface area contributed by atoms with Gasteiger partial charge in [-0.1, -0.05) is 36.8 Å². The first-order valence-corrected chi connectivity index (χ1v) is 9.88. The molecule has 1 aliphatic rings. The van der Waals surface area contributed by atoms with Gasteiger partial charge in [0.25, 0.3) is 0 Å². The number of carbonyl (C=O) groups is 2. The summed E-state index contributed by atoms with van der Waals surface area (Å²) in [5.41, 5.74) is 6.61. The number of piperidine rings is 1. The number of carbonyl (C=O) groups excluding carboxylic acids is 2. The number of rotatable bonds is 5. The summed E-state index contributed by atoms with van der Waals surface area (Å²) < 4.78 is 5.62. The summed E-state index contributed by atoms with van der Waals surface area (Å²) in [6, 6.07) is 11.9. The second-order valence-corrected chi connectivity index (χ2v) is 7.35. The van der Waals surface area contributed by atoms with E-state index in [1.54, 1.807) is 6.26 Å². The van der Waals surface area contributed by atoms with Gasteiger partial charge in [0.05, 0.1) is 12.7 Å². The second kappa shape index (κ2) is 8.44. The molecule has 0 saturated carbocycles. The quantitative estimate of drug-likeness (QED) is 0.668. The lowest BCUT2D eigenvalue weighted by molar-refractivity contribution is -0.128. The van der Waals surface area contributed by atoms with Gasteiger partial charge >= 0.3 is 0 Å². The Kier molecular flexibility index (Phi) is 5.58. The van der Waals surface area contributed by atoms with E-state index in [9.17, 15) is 9.59 Å². The number of nitrogens with one attached hydrogen (secondary N) is 2. The van der Waals surface area contributed by atoms with Crippen molar-refractivity contribution in [2.24, 2.45) is 0 Å². The molecule has 0 unspecified atom stereocenters. The van der Waals surface area contributed by atoms with Crippen molar-refractivity contribution in [1.82, 2.24) is 15.8 Å². The van der Waals surface area contributed by atoms with E-state index in [1.165, 1.54) is 19.3 Å². The molecule has 0 spiro atoms. The molecular weight excluding hydrogens is 354 g/mol. The largest absolute Gasteiger partial charge is 0.464 e. The van der Waals surface area contributed by atoms with E-state index in [0.717, 1.165) is 46.9 Å². The molecule has 1 saturated heterocycles. The molecule has 2 heterocycles. The predicted molar refractivity (Wildman–Crippen MR) is 109 cm³/mol. The van der Waals surface area contributed by atoms with Crippen molar-refractivity contribution in [3.05, 3.63) is 48.2 Å². The normalized spacial score (nSPS) is 15.0. The first kappa shape index (κ1) is 18.5. The van der Waals surface area contributed by atoms with Crippen molar-refractivity contribution in [3.63, 3.8) is 0 Å². The molecule has 0 bridgehead atoms. The lowest BCUT2D eigenvalue weighted by atomic mass is 10.0. The Bertz CT molecular complexity index is 989. The minimum Gasteiger partial charge on any atom is -0.464 e. The van der Waals surface area contributed by atoms with Crippen LogP contribution in [0.5, 0.6) is 0 Å². The molecule has 6 heteroatoms. The second-order valence-electron chi connectivity index (χ2n) is 7.35. The zero-order valence-electron chi connectivity index (χ0n) is 15.9. The predicted octanol–water partition coefficient (Wildman–Crippen LogP) is 3.15. The third-order valence-electron chi connectivity index (χ3n) is 5.34. The summed E-state index contributed by atoms with van der Waals surface area (Å²) in [7, 11) is 0. The van der Waals surface area contributed by atoms with E-state index in [-0.39, 0.29) is 18.2 Å². The van der Waals surface area contributed by atoms with E-state index in [2.05, 4.69) is 15.8 Å². The van der Waals surface area contributed by atoms with Crippen LogP contribution in [0.25, 0.3) is 21.7 Å². The van der Waals surface area contributed by atoms with Crippen molar-refractivity contribution in [2.75, 3.05) is 19.6 Å². The summed E-state index contributed by atoms with van der Waals surface area (Å²) in [5, 5.41) is 3.11. The molecule has 0 atom stereocenters. The zero-order valence-corrected chi connectivity index (χ0v) is 15.9. The Labute approximate surface area is 163 Å². The average Bonchev–Trinajstić information content (AvgIpc) is 3.14. The molecule has 4 rings (SSSR count). The van der Waals surface area contributed by atoms with Gasteiger partial charge in [0.1, 0.15) is 5.58 Å². The number of fused-ring (bicyclic) bond motifs is 3. The summed E-state index contributed by atoms with van der Waals surface area (Å²) in [5.74, 6) is -0.427. The molecule has 1 aromatic heterocycles. The van der Waals surface area contributed by atoms with Crippen LogP contribution in [0.15, 0.2) is 47.1 Å². The van der Waals surface area contributed by atoms with Gasteiger partial charge in [-0.15, -0.1) is 0 Å². The SMILES string of the molecule is O=C(CCN1CCCCC1)NNC(=O)Cc1coc2ccc3ccccc3c12. The number of furan rings is 1. The molecular formula is C22H25N3O3. The number of nitrogens with zero attached hydrogens (tertiary/aromatic N) is 1. The highest BCUT2D eigenvalue weighted by Gasteiger charge is 2.15. The van der Waals surface area contributed by atoms with Gasteiger partial charge in [0, 0.05) is 23.9 Å². The van der Waals surface area contributed by atoms with Crippen LogP contribution < -0.4 is 10.9 Å². The Hall–Kier alpha value is -2.86. The number of hydrogen-bond donors (Lipinski definition) is 2. The molecule has 0 aliphatic carbocycles. The Morgan fingerprint density at radius 1 is 0.964 bits per heavy atom. The first-order chi connectivity index (χ1) is 13.7. The summed E-state index contributed by atoms with van der Waals surface area (Å²) in [6.45, 7) is 2.85. The lowest BCUT2D eigenvalue weighted by Gasteiger charge is -2.25. The minimum absolute atomic E-state index is 0.146. The average molecular weight is 379 g/mol. The van der Waals surface area contributed by atoms with Crippen LogP contribution in [0.1, 0.15) is 31.2 Å². The van der Waals surface area contributed by atoms with Gasteiger partial charge in [-0.3, -0.25) is 20.4 Å². The Morgan fingerprint density at radius 3 is 2.61 bits per heavy atom. The van der Waals surface area contributed by atoms with Crippen molar-refractivity contribution >= 4 is 33.6 Å². The van der Waals surface area contributed by atoms with Gasteiger partial charge in [0.15, 0.2) is 0 Å². The monoisotopic (exact) mass is 379 g/mol. The fraction of sp³-hybridized carbons (Fsp3) is 0.364. The van der Waals surface area contributed by atoms with E-state index >= 15 is 0 Å². The van der Waals surface area contributed by atoms with E-state index in [4.69, 9.17) is 4.42 Å². The van der Waals surface area contributed by atoms with Crippen molar-refractivity contribution in [3.8, 4) is 0 Å². The van der Waals surface area contributed by atoms with Crippen LogP contribution in [0, 0.1) is 0 Å². The van der Waals surface area contributed by atoms with Gasteiger partial charge in [-0.05, 0) is 42.8 Å². The van der Waals surface area contributed by atoms with E-state index in [0.29, 0.717) is 6.42 Å². The Balaban J connectivity index is 1.34. The number of benzene rings is 2. The van der Waals surface area contributed by atoms with Gasteiger partial charge in [-0.25, -0.2) is 0 Å². The fourth-order valence-corrected chi connectivity index (χ4v) is 3.87. The third kappa shape index (κ3) is 4.17. The topological polar surface area (TPSA) is 74.6 Å². The van der Waals surface area contributed by atoms with Crippen LogP contribution in [0.4, 0.5) is 0 Å². The van der Waals surface area contributed by atoms with Crippen molar-refractivity contribution in [2.45, 2.75) is 32.1 Å². The minimum atomic E-state index is -0.262. The van der Waals surface area contributed by atoms with Crippen LogP contribution in [-0.2, 0) is 16.0 Å². The van der Waals surface area contributed by atoms with Crippen LogP contribution in [-0.4, -0.2) is 36.3 Å². The maximum Gasteiger partial charge on any atom is 0.242 e. The zero-order chi connectivity index (χ0) is 19.3. The molecule has 1 aliphatic heterocycles. The number of amides is 2. The molecule has 6 nitrogen and oxygen atoms in total. The van der Waals surface area contributed by atoms with Gasteiger partial charge in [-0.2, -0.15) is 0 Å². The molecule has 3 aromatic rings. The lowest BCUT2D eigenvalue weighted by Crippen LogP contribution is -2.43. The molecule has 28 heavy (non-hydrogen) atoms. The highest BCUT2D eigenvalue weighted by Crippen LogP contribution is 2.30. The smallest absolute Gasteiger partial charge is 0.242 e. The highest BCUT2D eigenvalue weighted by molar-refractivity contribution is 6.08. The maximum atomic E-state index is 12.3. The number of hydrazine groups is 1. The van der Waals surface area contributed by atoms with Crippen LogP contribution >= 0.6 is 0 Å². The molecule has 2 amide bonds. The standard InChI is InChI=1S/C22H25N3O3/c26-20(10-13-25-11-4-1-5-12-25)23-24-21(27)14-17-15-28-19-9-8-16-6-2-3-7-18(16)22(17)19/h2-3,6-9,15H,1,4-5,10-14H2,(H,23,26)(H,24,27). The molecule has 146 valence electrons. The Morgan fingerprint density at radius 2 is 1.75 bits per heavy atom. The van der Waals surface area contributed by atoms with Crippen LogP contribution in [0.2, 0.25) is 0 Å². The molecule has 2 N–H and O–H groups in total. The molecule has 2 aromatic carbocycles. The molecule has 0 radical (unpaired) electrons. The van der Waals surface area contributed by atoms with Crippen LogP contribution in [0.3, 0.4) is 0 Å². The molecule has 1 fully saturated rings. The summed E-state index contributed by atoms with van der Waals surface area (Å²) >= 11 is 0. The summed E-state index contributed by atoms with van der Waals surface area (Å²) in [4.78, 5) is 26.6. The van der Waals surface area contributed by atoms with Crippen molar-refractivity contribution in [1.29, 1.82) is 0 Å². The highest BCUT2D eigenvalue weighted by atomic mass is 16.3. The van der Waals surface area contributed by atoms with E-state index < -0.39 is 0 Å². The van der Waals surface area contributed by atoms with Gasteiger partial charge < -0.3 is 9.32 Å². The van der Waals surface area contributed by atoms with E-state index in [1.807, 2.05) is 36.4 Å². The maximum absolute atomic E-state index is 12.3. The van der Waals surface area contributed by atoms with Crippen molar-refractivity contribution < 1.29 is 14.0 Å². The number of hydrogen-bond acceptors (Lipinski definition) is 4. The summed E-state index contributed by atoms with van der Waals surface area (Å²) in [6.07, 6.45) is 5.83. The fourth-order valence-electron chi connectivity index (χ4n) is 3.87. The first-order valence-electron chi connectivity index (χ1n) is 9.88.